The van der Waals surface area contributed by atoms with Crippen LogP contribution in [-0.2, 0) is 16.2 Å². The second kappa shape index (κ2) is 11.6. The number of rotatable bonds is 9. The van der Waals surface area contributed by atoms with Crippen molar-refractivity contribution in [3.8, 4) is 11.5 Å². The molecule has 13 nitrogen and oxygen atoms in total. The van der Waals surface area contributed by atoms with Gasteiger partial charge in [-0.05, 0) is 60.5 Å². The molecular weight excluding hydrogens is 548 g/mol. The first-order valence-electron chi connectivity index (χ1n) is 11.6. The molecule has 204 valence electrons. The van der Waals surface area contributed by atoms with E-state index < -0.39 is 33.3 Å². The summed E-state index contributed by atoms with van der Waals surface area (Å²) in [6.07, 6.45) is 1.22. The molecular formula is C26H19ClN4O9. The quantitative estimate of drug-likeness (QED) is 0.165. The molecule has 1 N–H and O–H groups in total. The first-order valence-corrected chi connectivity index (χ1v) is 11.9. The highest BCUT2D eigenvalue weighted by molar-refractivity contribution is 6.39. The fourth-order valence-corrected chi connectivity index (χ4v) is 4.00. The van der Waals surface area contributed by atoms with Gasteiger partial charge in [-0.2, -0.15) is 0 Å². The standard InChI is InChI=1S/C26H19ClN4O9/c1-2-39-22-13-16(12-21(27)23(22)40-14-15-3-5-18(6-4-15)30(35)36)11-20-24(32)28-26(34)29(25(20)33)17-7-9-19(10-8-17)31(37)38/h3-13H,2,14H2,1H3,(H,28,32,34)/b20-11+. The molecule has 40 heavy (non-hydrogen) atoms. The predicted octanol–water partition coefficient (Wildman–Crippen LogP) is 4.80. The number of carbonyl (C=O) groups excluding carboxylic acids is 3. The molecule has 1 aliphatic heterocycles. The van der Waals surface area contributed by atoms with Gasteiger partial charge < -0.3 is 9.47 Å². The van der Waals surface area contributed by atoms with E-state index >= 15 is 0 Å². The lowest BCUT2D eigenvalue weighted by Crippen LogP contribution is -2.54. The third-order valence-electron chi connectivity index (χ3n) is 5.59. The summed E-state index contributed by atoms with van der Waals surface area (Å²) in [4.78, 5) is 59.5. The van der Waals surface area contributed by atoms with Crippen LogP contribution in [-0.4, -0.2) is 34.3 Å². The Hall–Kier alpha value is -5.30. The molecule has 0 radical (unpaired) electrons. The Balaban J connectivity index is 1.62. The number of hydrogen-bond donors (Lipinski definition) is 1. The lowest BCUT2D eigenvalue weighted by Gasteiger charge is -2.26. The molecule has 1 heterocycles. The number of hydrogen-bond acceptors (Lipinski definition) is 9. The Labute approximate surface area is 230 Å². The topological polar surface area (TPSA) is 171 Å². The van der Waals surface area contributed by atoms with Gasteiger partial charge in [-0.1, -0.05) is 11.6 Å². The SMILES string of the molecule is CCOc1cc(/C=C2\C(=O)NC(=O)N(c3ccc([N+](=O)[O-])cc3)C2=O)cc(Cl)c1OCc1ccc([N+](=O)[O-])cc1. The lowest BCUT2D eigenvalue weighted by atomic mass is 10.1. The molecule has 14 heteroatoms. The highest BCUT2D eigenvalue weighted by Crippen LogP contribution is 2.38. The zero-order valence-corrected chi connectivity index (χ0v) is 21.4. The summed E-state index contributed by atoms with van der Waals surface area (Å²) in [5, 5.41) is 23.9. The van der Waals surface area contributed by atoms with E-state index in [0.29, 0.717) is 10.5 Å². The second-order valence-electron chi connectivity index (χ2n) is 8.21. The number of non-ortho nitro benzene ring substituents is 2. The molecule has 0 atom stereocenters. The van der Waals surface area contributed by atoms with Crippen LogP contribution in [0.3, 0.4) is 0 Å². The highest BCUT2D eigenvalue weighted by Gasteiger charge is 2.37. The Morgan fingerprint density at radius 2 is 1.52 bits per heavy atom. The minimum absolute atomic E-state index is 0.0193. The monoisotopic (exact) mass is 566 g/mol. The first kappa shape index (κ1) is 27.7. The summed E-state index contributed by atoms with van der Waals surface area (Å²) in [5.74, 6) is -1.52. The third kappa shape index (κ3) is 5.89. The first-order chi connectivity index (χ1) is 19.1. The van der Waals surface area contributed by atoms with E-state index in [4.69, 9.17) is 21.1 Å². The molecule has 4 amide bonds. The van der Waals surface area contributed by atoms with Gasteiger partial charge in [-0.15, -0.1) is 0 Å². The number of nitrogens with zero attached hydrogens (tertiary/aromatic N) is 3. The van der Waals surface area contributed by atoms with Crippen molar-refractivity contribution in [3.05, 3.63) is 103 Å². The molecule has 1 saturated heterocycles. The summed E-state index contributed by atoms with van der Waals surface area (Å²) in [5.41, 5.74) is 0.243. The number of nitro benzene ring substituents is 2. The molecule has 0 aromatic heterocycles. The predicted molar refractivity (Wildman–Crippen MR) is 142 cm³/mol. The van der Waals surface area contributed by atoms with E-state index in [-0.39, 0.29) is 52.4 Å². The van der Waals surface area contributed by atoms with Crippen molar-refractivity contribution in [2.24, 2.45) is 0 Å². The Kier molecular flexibility index (Phi) is 8.05. The number of imide groups is 2. The van der Waals surface area contributed by atoms with E-state index in [9.17, 15) is 34.6 Å². The van der Waals surface area contributed by atoms with E-state index in [0.717, 1.165) is 12.1 Å². The highest BCUT2D eigenvalue weighted by atomic mass is 35.5. The average Bonchev–Trinajstić information content (AvgIpc) is 2.91. The van der Waals surface area contributed by atoms with Gasteiger partial charge in [-0.25, -0.2) is 9.69 Å². The van der Waals surface area contributed by atoms with Crippen molar-refractivity contribution in [3.63, 3.8) is 0 Å². The summed E-state index contributed by atoms with van der Waals surface area (Å²) >= 11 is 6.45. The van der Waals surface area contributed by atoms with Gasteiger partial charge in [-0.3, -0.25) is 35.1 Å². The van der Waals surface area contributed by atoms with Crippen LogP contribution in [0.2, 0.25) is 5.02 Å². The summed E-state index contributed by atoms with van der Waals surface area (Å²) in [6.45, 7) is 1.97. The van der Waals surface area contributed by atoms with Crippen LogP contribution in [0.1, 0.15) is 18.1 Å². The van der Waals surface area contributed by atoms with Crippen LogP contribution in [0.15, 0.2) is 66.2 Å². The maximum Gasteiger partial charge on any atom is 0.335 e. The summed E-state index contributed by atoms with van der Waals surface area (Å²) < 4.78 is 11.5. The van der Waals surface area contributed by atoms with Gasteiger partial charge >= 0.3 is 6.03 Å². The van der Waals surface area contributed by atoms with Gasteiger partial charge in [0.25, 0.3) is 23.2 Å². The molecule has 0 spiro atoms. The van der Waals surface area contributed by atoms with Gasteiger partial charge in [0.05, 0.1) is 27.2 Å². The molecule has 0 bridgehead atoms. The van der Waals surface area contributed by atoms with Gasteiger partial charge in [0.1, 0.15) is 12.2 Å². The fraction of sp³-hybridized carbons (Fsp3) is 0.115. The average molecular weight is 567 g/mol. The molecule has 3 aromatic rings. The smallest absolute Gasteiger partial charge is 0.335 e. The lowest BCUT2D eigenvalue weighted by molar-refractivity contribution is -0.385. The number of ether oxygens (including phenoxy) is 2. The molecule has 0 aliphatic carbocycles. The number of anilines is 1. The Bertz CT molecular complexity index is 1550. The van der Waals surface area contributed by atoms with Gasteiger partial charge in [0.2, 0.25) is 0 Å². The maximum absolute atomic E-state index is 13.2. The van der Waals surface area contributed by atoms with E-state index in [1.54, 1.807) is 6.92 Å². The molecule has 1 aliphatic rings. The molecule has 3 aromatic carbocycles. The normalized spacial score (nSPS) is 14.2. The number of nitro groups is 2. The number of halogens is 1. The van der Waals surface area contributed by atoms with Crippen molar-refractivity contribution >= 4 is 52.6 Å². The van der Waals surface area contributed by atoms with Crippen molar-refractivity contribution in [1.29, 1.82) is 0 Å². The van der Waals surface area contributed by atoms with Crippen LogP contribution in [0, 0.1) is 20.2 Å². The van der Waals surface area contributed by atoms with Crippen molar-refractivity contribution < 1.29 is 33.7 Å². The van der Waals surface area contributed by atoms with E-state index in [2.05, 4.69) is 5.32 Å². The number of carbonyl (C=O) groups is 3. The zero-order valence-electron chi connectivity index (χ0n) is 20.7. The van der Waals surface area contributed by atoms with Crippen LogP contribution in [0.4, 0.5) is 21.9 Å². The molecule has 0 unspecified atom stereocenters. The van der Waals surface area contributed by atoms with Crippen molar-refractivity contribution in [2.45, 2.75) is 13.5 Å². The number of nitrogens with one attached hydrogen (secondary N) is 1. The maximum atomic E-state index is 13.2. The largest absolute Gasteiger partial charge is 0.490 e. The zero-order chi connectivity index (χ0) is 29.0. The van der Waals surface area contributed by atoms with E-state index in [1.807, 2.05) is 0 Å². The third-order valence-corrected chi connectivity index (χ3v) is 5.87. The molecule has 4 rings (SSSR count). The Morgan fingerprint density at radius 3 is 2.10 bits per heavy atom. The molecule has 0 saturated carbocycles. The number of benzene rings is 3. The minimum Gasteiger partial charge on any atom is -0.490 e. The van der Waals surface area contributed by atoms with Gasteiger partial charge in [0, 0.05) is 24.3 Å². The number of barbiturate groups is 1. The van der Waals surface area contributed by atoms with E-state index in [1.165, 1.54) is 54.6 Å². The molecule has 1 fully saturated rings. The Morgan fingerprint density at radius 1 is 0.925 bits per heavy atom. The van der Waals surface area contributed by atoms with Crippen LogP contribution in [0.5, 0.6) is 11.5 Å². The van der Waals surface area contributed by atoms with Crippen LogP contribution in [0.25, 0.3) is 6.08 Å². The van der Waals surface area contributed by atoms with Crippen LogP contribution < -0.4 is 19.7 Å². The number of urea groups is 1. The van der Waals surface area contributed by atoms with Crippen molar-refractivity contribution in [1.82, 2.24) is 5.32 Å². The van der Waals surface area contributed by atoms with Gasteiger partial charge in [0.15, 0.2) is 11.5 Å². The fourth-order valence-electron chi connectivity index (χ4n) is 3.73. The van der Waals surface area contributed by atoms with Crippen molar-refractivity contribution in [2.75, 3.05) is 11.5 Å². The second-order valence-corrected chi connectivity index (χ2v) is 8.61. The van der Waals surface area contributed by atoms with Crippen LogP contribution >= 0.6 is 11.6 Å². The number of amides is 4. The summed E-state index contributed by atoms with van der Waals surface area (Å²) in [6, 6.07) is 12.3. The summed E-state index contributed by atoms with van der Waals surface area (Å²) in [7, 11) is 0. The minimum atomic E-state index is -1.01.